The Labute approximate surface area is 156 Å². The van der Waals surface area contributed by atoms with Crippen molar-refractivity contribution in [2.75, 3.05) is 11.9 Å². The van der Waals surface area contributed by atoms with Crippen LogP contribution in [-0.2, 0) is 0 Å². The van der Waals surface area contributed by atoms with E-state index in [0.29, 0.717) is 28.2 Å². The minimum absolute atomic E-state index is 0.348. The van der Waals surface area contributed by atoms with Gasteiger partial charge in [-0.05, 0) is 24.6 Å². The number of aromatic nitrogens is 2. The van der Waals surface area contributed by atoms with Crippen molar-refractivity contribution in [2.24, 2.45) is 0 Å². The highest BCUT2D eigenvalue weighted by atomic mass is 35.5. The SMILES string of the molecule is Cc1nc(NC[C@H](O)c2ccccc2)cc(-c2ccc(Cl)c(Cl)c2)n1. The van der Waals surface area contributed by atoms with Crippen LogP contribution in [0.2, 0.25) is 10.0 Å². The van der Waals surface area contributed by atoms with Gasteiger partial charge in [-0.15, -0.1) is 0 Å². The summed E-state index contributed by atoms with van der Waals surface area (Å²) in [6, 6.07) is 16.7. The lowest BCUT2D eigenvalue weighted by molar-refractivity contribution is 0.191. The van der Waals surface area contributed by atoms with Crippen molar-refractivity contribution >= 4 is 29.0 Å². The molecule has 3 aromatic rings. The van der Waals surface area contributed by atoms with Gasteiger partial charge in [-0.25, -0.2) is 9.97 Å². The molecule has 0 aliphatic heterocycles. The van der Waals surface area contributed by atoms with E-state index in [1.54, 1.807) is 12.1 Å². The minimum Gasteiger partial charge on any atom is -0.387 e. The quantitative estimate of drug-likeness (QED) is 0.667. The molecular weight excluding hydrogens is 357 g/mol. The number of aliphatic hydroxyl groups is 1. The number of nitrogens with one attached hydrogen (secondary N) is 1. The molecule has 1 atom stereocenters. The molecule has 3 rings (SSSR count). The maximum absolute atomic E-state index is 10.3. The summed E-state index contributed by atoms with van der Waals surface area (Å²) in [7, 11) is 0. The van der Waals surface area contributed by atoms with Crippen LogP contribution in [0.4, 0.5) is 5.82 Å². The molecule has 1 heterocycles. The van der Waals surface area contributed by atoms with Gasteiger partial charge >= 0.3 is 0 Å². The van der Waals surface area contributed by atoms with Gasteiger partial charge in [0.15, 0.2) is 0 Å². The summed E-state index contributed by atoms with van der Waals surface area (Å²) in [6.45, 7) is 2.17. The number of halogens is 2. The van der Waals surface area contributed by atoms with Crippen molar-refractivity contribution in [3.8, 4) is 11.3 Å². The molecule has 4 nitrogen and oxygen atoms in total. The zero-order chi connectivity index (χ0) is 17.8. The fourth-order valence-corrected chi connectivity index (χ4v) is 2.75. The Balaban J connectivity index is 1.78. The molecule has 128 valence electrons. The lowest BCUT2D eigenvalue weighted by atomic mass is 10.1. The highest BCUT2D eigenvalue weighted by Crippen LogP contribution is 2.28. The number of rotatable bonds is 5. The number of hydrogen-bond acceptors (Lipinski definition) is 4. The molecule has 6 heteroatoms. The number of anilines is 1. The van der Waals surface area contributed by atoms with Crippen LogP contribution in [0, 0.1) is 6.92 Å². The van der Waals surface area contributed by atoms with E-state index < -0.39 is 6.10 Å². The Hall–Kier alpha value is -2.14. The van der Waals surface area contributed by atoms with E-state index >= 15 is 0 Å². The van der Waals surface area contributed by atoms with Crippen LogP contribution in [0.3, 0.4) is 0 Å². The summed E-state index contributed by atoms with van der Waals surface area (Å²) in [5.74, 6) is 1.27. The van der Waals surface area contributed by atoms with Crippen LogP contribution in [0.1, 0.15) is 17.5 Å². The second kappa shape index (κ2) is 7.83. The zero-order valence-corrected chi connectivity index (χ0v) is 15.1. The monoisotopic (exact) mass is 373 g/mol. The Morgan fingerprint density at radius 2 is 1.76 bits per heavy atom. The van der Waals surface area contributed by atoms with E-state index in [1.165, 1.54) is 0 Å². The van der Waals surface area contributed by atoms with Gasteiger partial charge in [0.05, 0.1) is 21.8 Å². The van der Waals surface area contributed by atoms with E-state index in [9.17, 15) is 5.11 Å². The van der Waals surface area contributed by atoms with Crippen LogP contribution in [0.25, 0.3) is 11.3 Å². The highest BCUT2D eigenvalue weighted by molar-refractivity contribution is 6.42. The summed E-state index contributed by atoms with van der Waals surface area (Å²) in [5.41, 5.74) is 2.44. The van der Waals surface area contributed by atoms with Gasteiger partial charge in [-0.1, -0.05) is 59.6 Å². The third-order valence-electron chi connectivity index (χ3n) is 3.71. The molecule has 0 bridgehead atoms. The second-order valence-electron chi connectivity index (χ2n) is 5.62. The van der Waals surface area contributed by atoms with Crippen molar-refractivity contribution in [3.05, 3.63) is 76.0 Å². The number of benzene rings is 2. The van der Waals surface area contributed by atoms with E-state index in [0.717, 1.165) is 16.8 Å². The third-order valence-corrected chi connectivity index (χ3v) is 4.45. The van der Waals surface area contributed by atoms with Gasteiger partial charge in [-0.3, -0.25) is 0 Å². The molecule has 0 saturated carbocycles. The molecule has 0 amide bonds. The predicted octanol–water partition coefficient (Wildman–Crippen LogP) is 4.90. The fourth-order valence-electron chi connectivity index (χ4n) is 2.46. The summed E-state index contributed by atoms with van der Waals surface area (Å²) in [6.07, 6.45) is -0.620. The lowest BCUT2D eigenvalue weighted by Crippen LogP contribution is -2.13. The summed E-state index contributed by atoms with van der Waals surface area (Å²) in [5, 5.41) is 14.4. The first-order valence-electron chi connectivity index (χ1n) is 7.81. The molecule has 0 aliphatic rings. The molecular formula is C19H17Cl2N3O. The van der Waals surface area contributed by atoms with Gasteiger partial charge < -0.3 is 10.4 Å². The number of nitrogens with zero attached hydrogens (tertiary/aromatic N) is 2. The van der Waals surface area contributed by atoms with Gasteiger partial charge in [0.1, 0.15) is 11.6 Å². The number of hydrogen-bond donors (Lipinski definition) is 2. The smallest absolute Gasteiger partial charge is 0.130 e. The molecule has 0 radical (unpaired) electrons. The van der Waals surface area contributed by atoms with Crippen LogP contribution in [0.5, 0.6) is 0 Å². The molecule has 0 unspecified atom stereocenters. The second-order valence-corrected chi connectivity index (χ2v) is 6.44. The van der Waals surface area contributed by atoms with E-state index in [2.05, 4.69) is 15.3 Å². The Morgan fingerprint density at radius 1 is 1.00 bits per heavy atom. The standard InChI is InChI=1S/C19H17Cl2N3O/c1-12-23-17(14-7-8-15(20)16(21)9-14)10-19(24-12)22-11-18(25)13-5-3-2-4-6-13/h2-10,18,25H,11H2,1H3,(H,22,23,24)/t18-/m0/s1. The van der Waals surface area contributed by atoms with Gasteiger partial charge in [0.25, 0.3) is 0 Å². The fraction of sp³-hybridized carbons (Fsp3) is 0.158. The van der Waals surface area contributed by atoms with Crippen LogP contribution in [0.15, 0.2) is 54.6 Å². The maximum atomic E-state index is 10.3. The maximum Gasteiger partial charge on any atom is 0.130 e. The highest BCUT2D eigenvalue weighted by Gasteiger charge is 2.10. The molecule has 0 spiro atoms. The van der Waals surface area contributed by atoms with E-state index in [-0.39, 0.29) is 0 Å². The van der Waals surface area contributed by atoms with Gasteiger partial charge in [-0.2, -0.15) is 0 Å². The molecule has 25 heavy (non-hydrogen) atoms. The van der Waals surface area contributed by atoms with Gasteiger partial charge in [0, 0.05) is 18.2 Å². The molecule has 2 N–H and O–H groups in total. The van der Waals surface area contributed by atoms with Crippen molar-refractivity contribution < 1.29 is 5.11 Å². The normalized spacial score (nSPS) is 12.0. The van der Waals surface area contributed by atoms with E-state index in [4.69, 9.17) is 23.2 Å². The summed E-state index contributed by atoms with van der Waals surface area (Å²) < 4.78 is 0. The predicted molar refractivity (Wildman–Crippen MR) is 102 cm³/mol. The Morgan fingerprint density at radius 3 is 2.48 bits per heavy atom. The first kappa shape index (κ1) is 17.7. The summed E-state index contributed by atoms with van der Waals surface area (Å²) >= 11 is 12.1. The minimum atomic E-state index is -0.620. The Bertz CT molecular complexity index is 872. The van der Waals surface area contributed by atoms with Crippen molar-refractivity contribution in [2.45, 2.75) is 13.0 Å². The molecule has 0 fully saturated rings. The van der Waals surface area contributed by atoms with Crippen LogP contribution < -0.4 is 5.32 Å². The average molecular weight is 374 g/mol. The van der Waals surface area contributed by atoms with Crippen molar-refractivity contribution in [1.82, 2.24) is 9.97 Å². The van der Waals surface area contributed by atoms with E-state index in [1.807, 2.05) is 49.4 Å². The molecule has 0 aliphatic carbocycles. The van der Waals surface area contributed by atoms with Crippen LogP contribution >= 0.6 is 23.2 Å². The number of aryl methyl sites for hydroxylation is 1. The molecule has 0 saturated heterocycles. The number of aliphatic hydroxyl groups excluding tert-OH is 1. The Kier molecular flexibility index (Phi) is 5.53. The zero-order valence-electron chi connectivity index (χ0n) is 13.6. The largest absolute Gasteiger partial charge is 0.387 e. The van der Waals surface area contributed by atoms with Crippen LogP contribution in [-0.4, -0.2) is 21.6 Å². The lowest BCUT2D eigenvalue weighted by Gasteiger charge is -2.13. The average Bonchev–Trinajstić information content (AvgIpc) is 2.62. The van der Waals surface area contributed by atoms with Gasteiger partial charge in [0.2, 0.25) is 0 Å². The van der Waals surface area contributed by atoms with Crippen molar-refractivity contribution in [3.63, 3.8) is 0 Å². The topological polar surface area (TPSA) is 58.0 Å². The summed E-state index contributed by atoms with van der Waals surface area (Å²) in [4.78, 5) is 8.82. The first-order valence-corrected chi connectivity index (χ1v) is 8.56. The molecule has 2 aromatic carbocycles. The molecule has 1 aromatic heterocycles. The third kappa shape index (κ3) is 4.48. The van der Waals surface area contributed by atoms with Crippen molar-refractivity contribution in [1.29, 1.82) is 0 Å². The first-order chi connectivity index (χ1) is 12.0.